The summed E-state index contributed by atoms with van der Waals surface area (Å²) in [4.78, 5) is 22.6. The molecule has 1 amide bonds. The van der Waals surface area contributed by atoms with Crippen molar-refractivity contribution in [3.05, 3.63) is 40.4 Å². The Morgan fingerprint density at radius 2 is 1.96 bits per heavy atom. The maximum atomic E-state index is 12.7. The topological polar surface area (TPSA) is 55.4 Å². The zero-order valence-corrected chi connectivity index (χ0v) is 14.4. The summed E-state index contributed by atoms with van der Waals surface area (Å²) in [6.07, 6.45) is 0.329. The molecule has 0 aliphatic carbocycles. The van der Waals surface area contributed by atoms with E-state index in [0.717, 1.165) is 30.7 Å². The number of benzene rings is 1. The molecule has 0 aliphatic heterocycles. The monoisotopic (exact) mass is 377 g/mol. The van der Waals surface area contributed by atoms with Gasteiger partial charge in [-0.05, 0) is 42.7 Å². The van der Waals surface area contributed by atoms with Crippen LogP contribution in [0.3, 0.4) is 0 Å². The molecule has 1 aromatic carbocycles. The Morgan fingerprint density at radius 3 is 2.60 bits per heavy atom. The minimum atomic E-state index is -4.47. The molecule has 0 aromatic heterocycles. The lowest BCUT2D eigenvalue weighted by Gasteiger charge is -2.08. The third-order valence-corrected chi connectivity index (χ3v) is 3.67. The fourth-order valence-corrected chi connectivity index (χ4v) is 2.14. The average molecular weight is 378 g/mol. The molecule has 0 radical (unpaired) electrons. The number of unbranched alkanes of at least 4 members (excludes halogenated alkanes) is 2. The highest BCUT2D eigenvalue weighted by molar-refractivity contribution is 6.32. The number of hydrogen-bond acceptors (Lipinski definition) is 3. The van der Waals surface area contributed by atoms with E-state index in [-0.39, 0.29) is 16.6 Å². The van der Waals surface area contributed by atoms with E-state index in [4.69, 9.17) is 11.6 Å². The number of carbonyl (C=O) groups is 2. The first-order chi connectivity index (χ1) is 11.7. The summed E-state index contributed by atoms with van der Waals surface area (Å²) in [6.45, 7) is 0.403. The van der Waals surface area contributed by atoms with Gasteiger partial charge >= 0.3 is 12.1 Å². The van der Waals surface area contributed by atoms with Crippen LogP contribution in [0, 0.1) is 0 Å². The zero-order chi connectivity index (χ0) is 18.9. The molecule has 1 rings (SSSR count). The summed E-state index contributed by atoms with van der Waals surface area (Å²) < 4.78 is 42.5. The average Bonchev–Trinajstić information content (AvgIpc) is 2.55. The van der Waals surface area contributed by atoms with Crippen LogP contribution in [0.2, 0.25) is 5.02 Å². The van der Waals surface area contributed by atoms with Crippen LogP contribution < -0.4 is 5.32 Å². The molecule has 0 bridgehead atoms. The Labute approximate surface area is 149 Å². The molecule has 1 N–H and O–H groups in total. The second-order valence-corrected chi connectivity index (χ2v) is 5.65. The number of carbonyl (C=O) groups excluding carboxylic acids is 2. The van der Waals surface area contributed by atoms with E-state index >= 15 is 0 Å². The van der Waals surface area contributed by atoms with Crippen molar-refractivity contribution in [3.63, 3.8) is 0 Å². The summed E-state index contributed by atoms with van der Waals surface area (Å²) in [5.74, 6) is -0.702. The highest BCUT2D eigenvalue weighted by Gasteiger charge is 2.30. The number of methoxy groups -OCH3 is 1. The zero-order valence-electron chi connectivity index (χ0n) is 13.7. The number of nitrogens with one attached hydrogen (secondary N) is 1. The number of amides is 1. The third-order valence-electron chi connectivity index (χ3n) is 3.32. The Kier molecular flexibility index (Phi) is 8.48. The standard InChI is InChI=1S/C17H19ClF3NO3/c1-25-16(24)5-3-2-4-10-22-15(23)9-6-12-11-13(17(19,20)21)7-8-14(12)18/h6-9,11H,2-5,10H2,1H3,(H,22,23)/b9-6+. The van der Waals surface area contributed by atoms with Gasteiger partial charge in [-0.15, -0.1) is 0 Å². The van der Waals surface area contributed by atoms with E-state index in [1.54, 1.807) is 0 Å². The lowest BCUT2D eigenvalue weighted by molar-refractivity contribution is -0.141. The van der Waals surface area contributed by atoms with Crippen molar-refractivity contribution in [3.8, 4) is 0 Å². The molecule has 0 spiro atoms. The number of alkyl halides is 3. The van der Waals surface area contributed by atoms with E-state index in [9.17, 15) is 22.8 Å². The largest absolute Gasteiger partial charge is 0.469 e. The Bertz CT molecular complexity index is 630. The van der Waals surface area contributed by atoms with Crippen molar-refractivity contribution in [1.29, 1.82) is 0 Å². The maximum Gasteiger partial charge on any atom is 0.416 e. The normalized spacial score (nSPS) is 11.6. The minimum Gasteiger partial charge on any atom is -0.469 e. The molecule has 138 valence electrons. The van der Waals surface area contributed by atoms with Gasteiger partial charge in [-0.3, -0.25) is 9.59 Å². The van der Waals surface area contributed by atoms with E-state index in [1.807, 2.05) is 0 Å². The van der Waals surface area contributed by atoms with Crippen LogP contribution in [0.4, 0.5) is 13.2 Å². The lowest BCUT2D eigenvalue weighted by atomic mass is 10.1. The summed E-state index contributed by atoms with van der Waals surface area (Å²) in [5.41, 5.74) is -0.715. The highest BCUT2D eigenvalue weighted by Crippen LogP contribution is 2.32. The minimum absolute atomic E-state index is 0.115. The van der Waals surface area contributed by atoms with E-state index < -0.39 is 17.6 Å². The molecule has 0 unspecified atom stereocenters. The Morgan fingerprint density at radius 1 is 1.24 bits per heavy atom. The first-order valence-electron chi connectivity index (χ1n) is 7.63. The first kappa shape index (κ1) is 21.0. The fraction of sp³-hybridized carbons (Fsp3) is 0.412. The fourth-order valence-electron chi connectivity index (χ4n) is 1.96. The van der Waals surface area contributed by atoms with Gasteiger partial charge in [-0.25, -0.2) is 0 Å². The molecular formula is C17H19ClF3NO3. The van der Waals surface area contributed by atoms with Crippen molar-refractivity contribution in [1.82, 2.24) is 5.32 Å². The SMILES string of the molecule is COC(=O)CCCCCNC(=O)/C=C/c1cc(C(F)(F)F)ccc1Cl. The van der Waals surface area contributed by atoms with Crippen LogP contribution in [0.1, 0.15) is 36.8 Å². The van der Waals surface area contributed by atoms with Crippen molar-refractivity contribution in [2.45, 2.75) is 31.9 Å². The number of hydrogen-bond donors (Lipinski definition) is 1. The molecule has 4 nitrogen and oxygen atoms in total. The summed E-state index contributed by atoms with van der Waals surface area (Å²) in [7, 11) is 1.32. The molecule has 1 aromatic rings. The van der Waals surface area contributed by atoms with E-state index in [0.29, 0.717) is 25.8 Å². The summed E-state index contributed by atoms with van der Waals surface area (Å²) in [6, 6.07) is 2.91. The molecule has 0 saturated carbocycles. The molecule has 25 heavy (non-hydrogen) atoms. The van der Waals surface area contributed by atoms with Crippen LogP contribution in [0.25, 0.3) is 6.08 Å². The van der Waals surface area contributed by atoms with Gasteiger partial charge in [0.2, 0.25) is 5.91 Å². The van der Waals surface area contributed by atoms with Gasteiger partial charge in [0.15, 0.2) is 0 Å². The van der Waals surface area contributed by atoms with Crippen molar-refractivity contribution in [2.75, 3.05) is 13.7 Å². The number of halogens is 4. The molecule has 0 atom stereocenters. The van der Waals surface area contributed by atoms with Gasteiger partial charge in [0.1, 0.15) is 0 Å². The van der Waals surface area contributed by atoms with Crippen molar-refractivity contribution >= 4 is 29.6 Å². The van der Waals surface area contributed by atoms with Gasteiger partial charge in [0, 0.05) is 24.1 Å². The second kappa shape index (κ2) is 10.1. The Hall–Kier alpha value is -2.02. The quantitative estimate of drug-likeness (QED) is 0.419. The lowest BCUT2D eigenvalue weighted by Crippen LogP contribution is -2.22. The van der Waals surface area contributed by atoms with Crippen molar-refractivity contribution < 1.29 is 27.5 Å². The van der Waals surface area contributed by atoms with Gasteiger partial charge < -0.3 is 10.1 Å². The number of rotatable bonds is 8. The van der Waals surface area contributed by atoms with Gasteiger partial charge in [-0.1, -0.05) is 18.0 Å². The molecule has 0 fully saturated rings. The first-order valence-corrected chi connectivity index (χ1v) is 8.01. The highest BCUT2D eigenvalue weighted by atomic mass is 35.5. The van der Waals surface area contributed by atoms with Gasteiger partial charge in [0.05, 0.1) is 12.7 Å². The predicted molar refractivity (Wildman–Crippen MR) is 89.0 cm³/mol. The molecule has 0 heterocycles. The summed E-state index contributed by atoms with van der Waals surface area (Å²) >= 11 is 5.84. The third kappa shape index (κ3) is 8.07. The smallest absolute Gasteiger partial charge is 0.416 e. The number of ether oxygens (including phenoxy) is 1. The molecule has 8 heteroatoms. The van der Waals surface area contributed by atoms with Gasteiger partial charge in [0.25, 0.3) is 0 Å². The van der Waals surface area contributed by atoms with Crippen molar-refractivity contribution in [2.24, 2.45) is 0 Å². The molecular weight excluding hydrogens is 359 g/mol. The summed E-state index contributed by atoms with van der Waals surface area (Å²) in [5, 5.41) is 2.74. The molecule has 0 saturated heterocycles. The van der Waals surface area contributed by atoms with Crippen LogP contribution in [0.5, 0.6) is 0 Å². The number of esters is 1. The van der Waals surface area contributed by atoms with Gasteiger partial charge in [-0.2, -0.15) is 13.2 Å². The van der Waals surface area contributed by atoms with Crippen LogP contribution in [0.15, 0.2) is 24.3 Å². The maximum absolute atomic E-state index is 12.7. The Balaban J connectivity index is 2.43. The van der Waals surface area contributed by atoms with E-state index in [1.165, 1.54) is 13.2 Å². The predicted octanol–water partition coefficient (Wildman–Crippen LogP) is 4.22. The van der Waals surface area contributed by atoms with Crippen LogP contribution >= 0.6 is 11.6 Å². The van der Waals surface area contributed by atoms with E-state index in [2.05, 4.69) is 10.1 Å². The molecule has 0 aliphatic rings. The van der Waals surface area contributed by atoms with Crippen LogP contribution in [-0.2, 0) is 20.5 Å². The van der Waals surface area contributed by atoms with Crippen LogP contribution in [-0.4, -0.2) is 25.5 Å². The second-order valence-electron chi connectivity index (χ2n) is 5.25.